The first-order valence-corrected chi connectivity index (χ1v) is 10.7. The van der Waals surface area contributed by atoms with Gasteiger partial charge in [-0.15, -0.1) is 0 Å². The van der Waals surface area contributed by atoms with E-state index in [4.69, 9.17) is 20.8 Å². The lowest BCUT2D eigenvalue weighted by molar-refractivity contribution is 0.0730. The van der Waals surface area contributed by atoms with Gasteiger partial charge in [-0.1, -0.05) is 48.0 Å². The van der Waals surface area contributed by atoms with Gasteiger partial charge in [0.05, 0.1) is 24.1 Å². The van der Waals surface area contributed by atoms with Crippen LogP contribution < -0.4 is 10.2 Å². The summed E-state index contributed by atoms with van der Waals surface area (Å²) in [5, 5.41) is 1.01. The topological polar surface area (TPSA) is 59.8 Å². The van der Waals surface area contributed by atoms with Crippen molar-refractivity contribution in [2.45, 2.75) is 12.5 Å². The van der Waals surface area contributed by atoms with Gasteiger partial charge in [-0.25, -0.2) is 0 Å². The number of para-hydroxylation sites is 1. The molecule has 0 fully saturated rings. The molecule has 0 bridgehead atoms. The second-order valence-corrected chi connectivity index (χ2v) is 8.16. The van der Waals surface area contributed by atoms with Crippen LogP contribution in [0.2, 0.25) is 5.02 Å². The lowest BCUT2D eigenvalue weighted by Gasteiger charge is -2.25. The van der Waals surface area contributed by atoms with E-state index in [1.54, 1.807) is 48.4 Å². The Balaban J connectivity index is 1.59. The maximum absolute atomic E-state index is 13.4. The second kappa shape index (κ2) is 8.17. The van der Waals surface area contributed by atoms with Crippen molar-refractivity contribution < 1.29 is 13.9 Å². The molecule has 1 aliphatic rings. The maximum Gasteiger partial charge on any atom is 0.290 e. The predicted molar refractivity (Wildman–Crippen MR) is 124 cm³/mol. The highest BCUT2D eigenvalue weighted by Crippen LogP contribution is 2.38. The van der Waals surface area contributed by atoms with Crippen molar-refractivity contribution in [1.82, 2.24) is 4.90 Å². The lowest BCUT2D eigenvalue weighted by atomic mass is 9.98. The number of ether oxygens (including phenoxy) is 1. The van der Waals surface area contributed by atoms with Crippen LogP contribution in [0.25, 0.3) is 11.0 Å². The quantitative estimate of drug-likeness (QED) is 0.421. The Labute approximate surface area is 189 Å². The van der Waals surface area contributed by atoms with Crippen LogP contribution in [0.3, 0.4) is 0 Å². The monoisotopic (exact) mass is 445 g/mol. The van der Waals surface area contributed by atoms with Crippen LogP contribution in [0.4, 0.5) is 0 Å². The number of halogens is 1. The number of carbonyl (C=O) groups is 1. The summed E-state index contributed by atoms with van der Waals surface area (Å²) < 4.78 is 11.2. The third kappa shape index (κ3) is 3.45. The molecule has 0 N–H and O–H groups in total. The fourth-order valence-electron chi connectivity index (χ4n) is 4.26. The predicted octanol–water partition coefficient (Wildman–Crippen LogP) is 5.24. The summed E-state index contributed by atoms with van der Waals surface area (Å²) in [5.74, 6) is 0.589. The van der Waals surface area contributed by atoms with Gasteiger partial charge in [-0.05, 0) is 53.9 Å². The Kier molecular flexibility index (Phi) is 5.19. The normalized spacial score (nSPS) is 15.2. The molecule has 0 spiro atoms. The molecule has 0 aliphatic carbocycles. The van der Waals surface area contributed by atoms with Crippen LogP contribution in [0.15, 0.2) is 82.0 Å². The van der Waals surface area contributed by atoms with Crippen molar-refractivity contribution in [3.63, 3.8) is 0 Å². The summed E-state index contributed by atoms with van der Waals surface area (Å²) in [4.78, 5) is 28.6. The molecule has 32 heavy (non-hydrogen) atoms. The molecule has 4 aromatic rings. The van der Waals surface area contributed by atoms with Gasteiger partial charge < -0.3 is 14.1 Å². The molecule has 0 unspecified atom stereocenters. The lowest BCUT2D eigenvalue weighted by Crippen LogP contribution is -2.31. The fourth-order valence-corrected chi connectivity index (χ4v) is 4.46. The van der Waals surface area contributed by atoms with E-state index in [2.05, 4.69) is 0 Å². The van der Waals surface area contributed by atoms with Gasteiger partial charge in [0, 0.05) is 11.6 Å². The minimum Gasteiger partial charge on any atom is -0.497 e. The van der Waals surface area contributed by atoms with E-state index in [0.717, 1.165) is 16.9 Å². The molecule has 160 valence electrons. The molecule has 0 radical (unpaired) electrons. The standard InChI is InChI=1S/C26H20ClNO4/c1-31-19-11-9-16(10-12-19)13-14-28-23(17-5-4-6-18(27)15-17)22-24(29)20-7-2-3-8-21(20)32-25(22)26(28)30/h2-12,15,23H,13-14H2,1H3/t23-/m1/s1. The molecule has 5 rings (SSSR count). The first-order chi connectivity index (χ1) is 15.6. The Morgan fingerprint density at radius 1 is 1.00 bits per heavy atom. The van der Waals surface area contributed by atoms with Crippen LogP contribution in [0.5, 0.6) is 5.75 Å². The van der Waals surface area contributed by atoms with Gasteiger partial charge in [-0.3, -0.25) is 9.59 Å². The van der Waals surface area contributed by atoms with E-state index >= 15 is 0 Å². The molecule has 1 amide bonds. The maximum atomic E-state index is 13.4. The van der Waals surface area contributed by atoms with Crippen LogP contribution in [0.1, 0.15) is 33.3 Å². The summed E-state index contributed by atoms with van der Waals surface area (Å²) in [7, 11) is 1.62. The number of benzene rings is 3. The molecule has 1 atom stereocenters. The highest BCUT2D eigenvalue weighted by Gasteiger charge is 2.42. The summed E-state index contributed by atoms with van der Waals surface area (Å²) in [6.45, 7) is 0.419. The minimum absolute atomic E-state index is 0.105. The van der Waals surface area contributed by atoms with Gasteiger partial charge in [0.2, 0.25) is 5.76 Å². The van der Waals surface area contributed by atoms with E-state index in [9.17, 15) is 9.59 Å². The first-order valence-electron chi connectivity index (χ1n) is 10.3. The molecular formula is C26H20ClNO4. The molecule has 0 saturated heterocycles. The van der Waals surface area contributed by atoms with E-state index in [-0.39, 0.29) is 17.1 Å². The molecule has 3 aromatic carbocycles. The Hall–Kier alpha value is -3.57. The molecular weight excluding hydrogens is 426 g/mol. The van der Waals surface area contributed by atoms with Gasteiger partial charge in [0.1, 0.15) is 11.3 Å². The largest absolute Gasteiger partial charge is 0.497 e. The van der Waals surface area contributed by atoms with Crippen molar-refractivity contribution in [3.05, 3.63) is 110 Å². The molecule has 0 saturated carbocycles. The molecule has 1 aliphatic heterocycles. The molecule has 5 nitrogen and oxygen atoms in total. The average molecular weight is 446 g/mol. The third-order valence-electron chi connectivity index (χ3n) is 5.84. The number of carbonyl (C=O) groups excluding carboxylic acids is 1. The number of methoxy groups -OCH3 is 1. The van der Waals surface area contributed by atoms with Crippen LogP contribution in [-0.4, -0.2) is 24.5 Å². The van der Waals surface area contributed by atoms with E-state index in [1.807, 2.05) is 36.4 Å². The van der Waals surface area contributed by atoms with Crippen molar-refractivity contribution in [3.8, 4) is 5.75 Å². The average Bonchev–Trinajstić information content (AvgIpc) is 3.10. The van der Waals surface area contributed by atoms with E-state index in [1.165, 1.54) is 0 Å². The van der Waals surface area contributed by atoms with Crippen molar-refractivity contribution >= 4 is 28.5 Å². The summed E-state index contributed by atoms with van der Waals surface area (Å²) in [5.41, 5.74) is 2.43. The summed E-state index contributed by atoms with van der Waals surface area (Å²) >= 11 is 6.25. The smallest absolute Gasteiger partial charge is 0.290 e. The van der Waals surface area contributed by atoms with Gasteiger partial charge >= 0.3 is 0 Å². The zero-order valence-corrected chi connectivity index (χ0v) is 18.1. The highest BCUT2D eigenvalue weighted by molar-refractivity contribution is 6.30. The van der Waals surface area contributed by atoms with Crippen LogP contribution in [-0.2, 0) is 6.42 Å². The van der Waals surface area contributed by atoms with Crippen molar-refractivity contribution in [2.24, 2.45) is 0 Å². The Bertz CT molecular complexity index is 1380. The first kappa shape index (κ1) is 20.3. The SMILES string of the molecule is COc1ccc(CCN2C(=O)c3oc4ccccc4c(=O)c3[C@H]2c2cccc(Cl)c2)cc1. The van der Waals surface area contributed by atoms with Crippen LogP contribution in [0, 0.1) is 0 Å². The Morgan fingerprint density at radius 2 is 1.78 bits per heavy atom. The number of rotatable bonds is 5. The summed E-state index contributed by atoms with van der Waals surface area (Å²) in [6, 6.07) is 21.4. The second-order valence-electron chi connectivity index (χ2n) is 7.72. The van der Waals surface area contributed by atoms with Crippen molar-refractivity contribution in [1.29, 1.82) is 0 Å². The number of hydrogen-bond acceptors (Lipinski definition) is 4. The number of hydrogen-bond donors (Lipinski definition) is 0. The molecule has 2 heterocycles. The molecule has 1 aromatic heterocycles. The number of amides is 1. The highest BCUT2D eigenvalue weighted by atomic mass is 35.5. The zero-order valence-electron chi connectivity index (χ0n) is 17.4. The van der Waals surface area contributed by atoms with Crippen LogP contribution >= 0.6 is 11.6 Å². The summed E-state index contributed by atoms with van der Waals surface area (Å²) in [6.07, 6.45) is 0.620. The van der Waals surface area contributed by atoms with Crippen molar-refractivity contribution in [2.75, 3.05) is 13.7 Å². The fraction of sp³-hybridized carbons (Fsp3) is 0.154. The minimum atomic E-state index is -0.560. The van der Waals surface area contributed by atoms with Gasteiger partial charge in [0.15, 0.2) is 5.43 Å². The number of fused-ring (bicyclic) bond motifs is 2. The molecule has 6 heteroatoms. The third-order valence-corrected chi connectivity index (χ3v) is 6.07. The Morgan fingerprint density at radius 3 is 2.53 bits per heavy atom. The van der Waals surface area contributed by atoms with Gasteiger partial charge in [0.25, 0.3) is 5.91 Å². The van der Waals surface area contributed by atoms with Gasteiger partial charge in [-0.2, -0.15) is 0 Å². The zero-order chi connectivity index (χ0) is 22.2. The van der Waals surface area contributed by atoms with E-state index < -0.39 is 6.04 Å². The number of nitrogens with zero attached hydrogens (tertiary/aromatic N) is 1. The van der Waals surface area contributed by atoms with E-state index in [0.29, 0.717) is 34.5 Å².